The molecule has 9 heteroatoms. The first kappa shape index (κ1) is 30.9. The Morgan fingerprint density at radius 2 is 1.70 bits per heavy atom. The lowest BCUT2D eigenvalue weighted by atomic mass is 9.81. The van der Waals surface area contributed by atoms with Crippen LogP contribution in [-0.4, -0.2) is 46.5 Å². The zero-order chi connectivity index (χ0) is 31.2. The highest BCUT2D eigenvalue weighted by Gasteiger charge is 2.29. The summed E-state index contributed by atoms with van der Waals surface area (Å²) in [7, 11) is 0. The number of nitrogens with zero attached hydrogens (tertiary/aromatic N) is 1. The second-order valence-electron chi connectivity index (χ2n) is 12.2. The van der Waals surface area contributed by atoms with E-state index in [1.807, 2.05) is 81.4 Å². The first-order valence-corrected chi connectivity index (χ1v) is 15.5. The summed E-state index contributed by atoms with van der Waals surface area (Å²) < 4.78 is 0. The summed E-state index contributed by atoms with van der Waals surface area (Å²) >= 11 is 0. The number of anilines is 1. The van der Waals surface area contributed by atoms with Crippen LogP contribution >= 0.6 is 0 Å². The first-order valence-electron chi connectivity index (χ1n) is 15.5. The molecule has 4 aromatic rings. The maximum Gasteiger partial charge on any atom is 0.251 e. The van der Waals surface area contributed by atoms with Crippen molar-refractivity contribution in [2.45, 2.75) is 65.0 Å². The first-order chi connectivity index (χ1) is 21.2. The topological polar surface area (TPSA) is 142 Å². The minimum Gasteiger partial charge on any atom is -0.350 e. The molecule has 1 fully saturated rings. The lowest BCUT2D eigenvalue weighted by Crippen LogP contribution is -2.48. The summed E-state index contributed by atoms with van der Waals surface area (Å²) in [6, 6.07) is 18.6. The number of carbonyl (C=O) groups excluding carboxylic acids is 3. The molecule has 0 saturated heterocycles. The molecule has 3 amide bonds. The van der Waals surface area contributed by atoms with Crippen molar-refractivity contribution in [3.05, 3.63) is 83.6 Å². The number of nitrogens with two attached hydrogens (primary N) is 1. The third-order valence-corrected chi connectivity index (χ3v) is 8.51. The highest BCUT2D eigenvalue weighted by atomic mass is 16.2. The standard InChI is InChI=1S/C35H42N6O3/c1-21(2)38-34(43)27-13-15-30(22(3)16-27)25-8-4-23(5-9-25)17-32(40-33(42)26-10-6-24(19-36)7-11-26)35(44)39-29-14-12-28-20-37-41-31(28)18-29/h4-5,8-9,12-16,18,20-21,24,26,32H,6-7,10-11,17,19,36H2,1-3H3,(H,37,41)(H,38,43)(H,39,44)(H,40,42). The minimum atomic E-state index is -0.751. The van der Waals surface area contributed by atoms with Crippen molar-refractivity contribution in [3.8, 4) is 11.1 Å². The van der Waals surface area contributed by atoms with Gasteiger partial charge in [0.05, 0.1) is 11.7 Å². The maximum absolute atomic E-state index is 13.6. The Kier molecular flexibility index (Phi) is 9.75. The van der Waals surface area contributed by atoms with Crippen molar-refractivity contribution in [2.75, 3.05) is 11.9 Å². The van der Waals surface area contributed by atoms with E-state index < -0.39 is 6.04 Å². The molecule has 0 bridgehead atoms. The number of carbonyl (C=O) groups is 3. The third kappa shape index (κ3) is 7.52. The molecule has 0 radical (unpaired) electrons. The van der Waals surface area contributed by atoms with Crippen LogP contribution in [0.5, 0.6) is 0 Å². The van der Waals surface area contributed by atoms with Crippen LogP contribution in [0, 0.1) is 18.8 Å². The number of benzene rings is 3. The average Bonchev–Trinajstić information content (AvgIpc) is 3.49. The van der Waals surface area contributed by atoms with E-state index in [1.165, 1.54) is 0 Å². The Balaban J connectivity index is 1.31. The summed E-state index contributed by atoms with van der Waals surface area (Å²) in [5.74, 6) is -0.105. The van der Waals surface area contributed by atoms with Gasteiger partial charge in [-0.05, 0) is 112 Å². The predicted molar refractivity (Wildman–Crippen MR) is 174 cm³/mol. The fourth-order valence-corrected chi connectivity index (χ4v) is 5.93. The van der Waals surface area contributed by atoms with Crippen molar-refractivity contribution in [2.24, 2.45) is 17.6 Å². The van der Waals surface area contributed by atoms with E-state index in [0.717, 1.165) is 58.8 Å². The zero-order valence-electron chi connectivity index (χ0n) is 25.7. The van der Waals surface area contributed by atoms with Gasteiger partial charge in [-0.2, -0.15) is 5.10 Å². The van der Waals surface area contributed by atoms with Gasteiger partial charge in [0, 0.05) is 35.0 Å². The molecular formula is C35H42N6O3. The summed E-state index contributed by atoms with van der Waals surface area (Å²) in [4.78, 5) is 39.4. The molecule has 5 rings (SSSR count). The number of aromatic amines is 1. The molecule has 9 nitrogen and oxygen atoms in total. The molecule has 1 aromatic heterocycles. The van der Waals surface area contributed by atoms with Gasteiger partial charge in [-0.15, -0.1) is 0 Å². The highest BCUT2D eigenvalue weighted by molar-refractivity contribution is 5.99. The molecule has 0 aliphatic heterocycles. The van der Waals surface area contributed by atoms with Crippen LogP contribution in [0.3, 0.4) is 0 Å². The van der Waals surface area contributed by atoms with E-state index in [0.29, 0.717) is 30.1 Å². The van der Waals surface area contributed by atoms with Gasteiger partial charge >= 0.3 is 0 Å². The molecule has 1 atom stereocenters. The predicted octanol–water partition coefficient (Wildman–Crippen LogP) is 5.11. The molecule has 1 aliphatic rings. The SMILES string of the molecule is Cc1cc(C(=O)NC(C)C)ccc1-c1ccc(CC(NC(=O)C2CCC(CN)CC2)C(=O)Nc2ccc3cn[nH]c3c2)cc1. The lowest BCUT2D eigenvalue weighted by molar-refractivity contribution is -0.130. The number of aryl methyl sites for hydroxylation is 1. The Morgan fingerprint density at radius 1 is 0.955 bits per heavy atom. The smallest absolute Gasteiger partial charge is 0.251 e. The highest BCUT2D eigenvalue weighted by Crippen LogP contribution is 2.29. The largest absolute Gasteiger partial charge is 0.350 e. The number of H-pyrrole nitrogens is 1. The second-order valence-corrected chi connectivity index (χ2v) is 12.2. The van der Waals surface area contributed by atoms with Gasteiger partial charge in [-0.25, -0.2) is 0 Å². The van der Waals surface area contributed by atoms with E-state index in [2.05, 4.69) is 26.1 Å². The normalized spacial score (nSPS) is 17.3. The van der Waals surface area contributed by atoms with Gasteiger partial charge in [-0.1, -0.05) is 30.3 Å². The quantitative estimate of drug-likeness (QED) is 0.174. The van der Waals surface area contributed by atoms with E-state index in [9.17, 15) is 14.4 Å². The van der Waals surface area contributed by atoms with Crippen LogP contribution in [0.15, 0.2) is 66.9 Å². The van der Waals surface area contributed by atoms with Crippen molar-refractivity contribution in [1.82, 2.24) is 20.8 Å². The van der Waals surface area contributed by atoms with Crippen LogP contribution in [0.25, 0.3) is 22.0 Å². The van der Waals surface area contributed by atoms with E-state index >= 15 is 0 Å². The van der Waals surface area contributed by atoms with Crippen LogP contribution in [0.4, 0.5) is 5.69 Å². The summed E-state index contributed by atoms with van der Waals surface area (Å²) in [6.07, 6.45) is 5.50. The van der Waals surface area contributed by atoms with E-state index in [1.54, 1.807) is 6.20 Å². The van der Waals surface area contributed by atoms with E-state index in [4.69, 9.17) is 5.73 Å². The fourth-order valence-electron chi connectivity index (χ4n) is 5.93. The second kappa shape index (κ2) is 13.9. The Labute approximate surface area is 258 Å². The van der Waals surface area contributed by atoms with Gasteiger partial charge in [0.2, 0.25) is 11.8 Å². The molecule has 44 heavy (non-hydrogen) atoms. The molecule has 1 unspecified atom stereocenters. The fraction of sp³-hybridized carbons (Fsp3) is 0.371. The number of nitrogens with one attached hydrogen (secondary N) is 4. The van der Waals surface area contributed by atoms with Gasteiger partial charge in [0.15, 0.2) is 0 Å². The van der Waals surface area contributed by atoms with Gasteiger partial charge < -0.3 is 21.7 Å². The Hall–Kier alpha value is -4.50. The van der Waals surface area contributed by atoms with Crippen LogP contribution < -0.4 is 21.7 Å². The van der Waals surface area contributed by atoms with Gasteiger partial charge in [0.25, 0.3) is 5.91 Å². The third-order valence-electron chi connectivity index (χ3n) is 8.51. The van der Waals surface area contributed by atoms with Crippen molar-refractivity contribution in [1.29, 1.82) is 0 Å². The number of hydrogen-bond donors (Lipinski definition) is 5. The summed E-state index contributed by atoms with van der Waals surface area (Å²) in [5, 5.41) is 16.9. The Bertz CT molecular complexity index is 1620. The number of fused-ring (bicyclic) bond motifs is 1. The number of amides is 3. The van der Waals surface area contributed by atoms with Gasteiger partial charge in [0.1, 0.15) is 6.04 Å². The average molecular weight is 595 g/mol. The van der Waals surface area contributed by atoms with Crippen LogP contribution in [-0.2, 0) is 16.0 Å². The Morgan fingerprint density at radius 3 is 2.39 bits per heavy atom. The van der Waals surface area contributed by atoms with Crippen molar-refractivity contribution < 1.29 is 14.4 Å². The molecule has 0 spiro atoms. The molecule has 1 heterocycles. The molecular weight excluding hydrogens is 552 g/mol. The molecule has 230 valence electrons. The minimum absolute atomic E-state index is 0.0666. The number of rotatable bonds is 10. The summed E-state index contributed by atoms with van der Waals surface area (Å²) in [5.41, 5.74) is 11.9. The van der Waals surface area contributed by atoms with Crippen molar-refractivity contribution in [3.63, 3.8) is 0 Å². The lowest BCUT2D eigenvalue weighted by Gasteiger charge is -2.28. The zero-order valence-corrected chi connectivity index (χ0v) is 25.7. The van der Waals surface area contributed by atoms with E-state index in [-0.39, 0.29) is 29.7 Å². The van der Waals surface area contributed by atoms with Crippen LogP contribution in [0.2, 0.25) is 0 Å². The molecule has 6 N–H and O–H groups in total. The molecule has 1 aliphatic carbocycles. The molecule has 3 aromatic carbocycles. The monoisotopic (exact) mass is 594 g/mol. The van der Waals surface area contributed by atoms with Crippen LogP contribution in [0.1, 0.15) is 61.0 Å². The number of aromatic nitrogens is 2. The molecule has 1 saturated carbocycles. The van der Waals surface area contributed by atoms with Gasteiger partial charge in [-0.3, -0.25) is 19.5 Å². The maximum atomic E-state index is 13.6. The summed E-state index contributed by atoms with van der Waals surface area (Å²) in [6.45, 7) is 6.52. The van der Waals surface area contributed by atoms with Crippen molar-refractivity contribution >= 4 is 34.3 Å². The number of hydrogen-bond acceptors (Lipinski definition) is 5.